The molecule has 51 heavy (non-hydrogen) atoms. The molecular formula is C42H77NO8. The van der Waals surface area contributed by atoms with Crippen LogP contribution in [0.15, 0.2) is 36.5 Å². The third-order valence-corrected chi connectivity index (χ3v) is 9.72. The second kappa shape index (κ2) is 33.0. The van der Waals surface area contributed by atoms with Gasteiger partial charge < -0.3 is 40.3 Å². The molecule has 1 aliphatic heterocycles. The molecule has 1 rings (SSSR count). The van der Waals surface area contributed by atoms with Crippen molar-refractivity contribution in [3.63, 3.8) is 0 Å². The van der Waals surface area contributed by atoms with E-state index < -0.39 is 49.5 Å². The number of ether oxygens (including phenoxy) is 2. The summed E-state index contributed by atoms with van der Waals surface area (Å²) in [7, 11) is 0. The Bertz CT molecular complexity index is 894. The highest BCUT2D eigenvalue weighted by Crippen LogP contribution is 2.22. The van der Waals surface area contributed by atoms with E-state index >= 15 is 0 Å². The van der Waals surface area contributed by atoms with Crippen molar-refractivity contribution in [2.75, 3.05) is 13.2 Å². The second-order valence-corrected chi connectivity index (χ2v) is 14.4. The van der Waals surface area contributed by atoms with E-state index in [-0.39, 0.29) is 18.9 Å². The average Bonchev–Trinajstić information content (AvgIpc) is 3.13. The number of aliphatic hydroxyl groups is 5. The van der Waals surface area contributed by atoms with Crippen LogP contribution in [0.2, 0.25) is 0 Å². The maximum Gasteiger partial charge on any atom is 0.220 e. The number of hydrogen-bond acceptors (Lipinski definition) is 8. The first-order chi connectivity index (χ1) is 24.8. The Hall–Kier alpha value is -1.59. The quantitative estimate of drug-likeness (QED) is 0.0298. The molecule has 9 nitrogen and oxygen atoms in total. The van der Waals surface area contributed by atoms with Gasteiger partial charge in [-0.3, -0.25) is 4.79 Å². The lowest BCUT2D eigenvalue weighted by molar-refractivity contribution is -0.302. The van der Waals surface area contributed by atoms with Gasteiger partial charge in [0.1, 0.15) is 24.4 Å². The minimum Gasteiger partial charge on any atom is -0.394 e. The number of carbonyl (C=O) groups is 1. The van der Waals surface area contributed by atoms with Crippen LogP contribution in [0.1, 0.15) is 168 Å². The van der Waals surface area contributed by atoms with Crippen LogP contribution in [0.5, 0.6) is 0 Å². The van der Waals surface area contributed by atoms with E-state index in [4.69, 9.17) is 9.47 Å². The normalized spacial score (nSPS) is 22.4. The second-order valence-electron chi connectivity index (χ2n) is 14.4. The zero-order chi connectivity index (χ0) is 37.4. The first-order valence-electron chi connectivity index (χ1n) is 20.7. The predicted octanol–water partition coefficient (Wildman–Crippen LogP) is 7.72. The molecule has 0 bridgehead atoms. The average molecular weight is 724 g/mol. The predicted molar refractivity (Wildman–Crippen MR) is 207 cm³/mol. The van der Waals surface area contributed by atoms with Gasteiger partial charge in [-0.2, -0.15) is 0 Å². The summed E-state index contributed by atoms with van der Waals surface area (Å²) in [5.74, 6) is -0.246. The molecule has 9 heteroatoms. The van der Waals surface area contributed by atoms with Gasteiger partial charge in [0, 0.05) is 6.42 Å². The molecule has 0 spiro atoms. The van der Waals surface area contributed by atoms with E-state index in [9.17, 15) is 30.3 Å². The van der Waals surface area contributed by atoms with Crippen molar-refractivity contribution in [1.82, 2.24) is 5.32 Å². The summed E-state index contributed by atoms with van der Waals surface area (Å²) in [5.41, 5.74) is 0. The summed E-state index contributed by atoms with van der Waals surface area (Å²) < 4.78 is 11.1. The summed E-state index contributed by atoms with van der Waals surface area (Å²) in [5, 5.41) is 53.9. The van der Waals surface area contributed by atoms with Crippen molar-refractivity contribution in [2.45, 2.75) is 211 Å². The van der Waals surface area contributed by atoms with E-state index in [0.717, 1.165) is 32.1 Å². The minimum absolute atomic E-state index is 0.210. The molecule has 0 aromatic carbocycles. The smallest absolute Gasteiger partial charge is 0.220 e. The van der Waals surface area contributed by atoms with Crippen molar-refractivity contribution in [3.8, 4) is 0 Å². The van der Waals surface area contributed by atoms with Gasteiger partial charge in [-0.15, -0.1) is 0 Å². The molecule has 0 saturated carbocycles. The highest BCUT2D eigenvalue weighted by Gasteiger charge is 2.44. The fourth-order valence-electron chi connectivity index (χ4n) is 6.32. The maximum atomic E-state index is 12.8. The Kier molecular flexibility index (Phi) is 30.7. The number of unbranched alkanes of at least 4 members (excludes halogenated alkanes) is 19. The van der Waals surface area contributed by atoms with Crippen molar-refractivity contribution in [3.05, 3.63) is 36.5 Å². The van der Waals surface area contributed by atoms with Gasteiger partial charge >= 0.3 is 0 Å². The van der Waals surface area contributed by atoms with E-state index in [2.05, 4.69) is 37.4 Å². The van der Waals surface area contributed by atoms with E-state index in [1.54, 1.807) is 6.08 Å². The number of carbonyl (C=O) groups excluding carboxylic acids is 1. The lowest BCUT2D eigenvalue weighted by Gasteiger charge is -2.40. The van der Waals surface area contributed by atoms with Crippen LogP contribution in [0.25, 0.3) is 0 Å². The lowest BCUT2D eigenvalue weighted by atomic mass is 9.99. The van der Waals surface area contributed by atoms with Crippen LogP contribution < -0.4 is 5.32 Å². The van der Waals surface area contributed by atoms with E-state index in [1.165, 1.54) is 109 Å². The number of allylic oxidation sites excluding steroid dienone is 5. The Morgan fingerprint density at radius 2 is 1.16 bits per heavy atom. The maximum absolute atomic E-state index is 12.8. The molecule has 6 N–H and O–H groups in total. The molecule has 0 aromatic heterocycles. The Labute approximate surface area is 311 Å². The SMILES string of the molecule is CCCCCCCC/C=C\C/C=C\CCC(=O)NC(COC1OC(CO)C(O)C(O)C1O)C(O)/C=C/CCCCCCCCCCCCCCC. The molecule has 0 aromatic rings. The van der Waals surface area contributed by atoms with Crippen molar-refractivity contribution in [2.24, 2.45) is 0 Å². The van der Waals surface area contributed by atoms with Crippen molar-refractivity contribution in [1.29, 1.82) is 0 Å². The summed E-state index contributed by atoms with van der Waals surface area (Å²) >= 11 is 0. The molecule has 7 atom stereocenters. The fourth-order valence-corrected chi connectivity index (χ4v) is 6.32. The largest absolute Gasteiger partial charge is 0.394 e. The zero-order valence-corrected chi connectivity index (χ0v) is 32.4. The monoisotopic (exact) mass is 724 g/mol. The molecule has 1 aliphatic rings. The van der Waals surface area contributed by atoms with Crippen LogP contribution in [0.4, 0.5) is 0 Å². The molecule has 298 valence electrons. The molecule has 1 fully saturated rings. The van der Waals surface area contributed by atoms with E-state index in [1.807, 2.05) is 12.2 Å². The molecule has 7 unspecified atom stereocenters. The van der Waals surface area contributed by atoms with Gasteiger partial charge in [-0.05, 0) is 38.5 Å². The number of aliphatic hydroxyl groups excluding tert-OH is 5. The van der Waals surface area contributed by atoms with Gasteiger partial charge in [-0.1, -0.05) is 159 Å². The summed E-state index contributed by atoms with van der Waals surface area (Å²) in [6.45, 7) is 3.71. The minimum atomic E-state index is -1.57. The molecule has 1 saturated heterocycles. The Morgan fingerprint density at radius 1 is 0.667 bits per heavy atom. The molecular weight excluding hydrogens is 646 g/mol. The van der Waals surface area contributed by atoms with Crippen LogP contribution in [-0.4, -0.2) is 87.5 Å². The van der Waals surface area contributed by atoms with Crippen LogP contribution in [0.3, 0.4) is 0 Å². The van der Waals surface area contributed by atoms with Crippen molar-refractivity contribution < 1.29 is 39.8 Å². The van der Waals surface area contributed by atoms with Gasteiger partial charge in [0.2, 0.25) is 5.91 Å². The Morgan fingerprint density at radius 3 is 1.69 bits per heavy atom. The number of rotatable bonds is 33. The first kappa shape index (κ1) is 47.4. The summed E-state index contributed by atoms with van der Waals surface area (Å²) in [6, 6.07) is -0.832. The van der Waals surface area contributed by atoms with Crippen LogP contribution >= 0.6 is 0 Å². The highest BCUT2D eigenvalue weighted by atomic mass is 16.7. The number of amides is 1. The Balaban J connectivity index is 2.47. The lowest BCUT2D eigenvalue weighted by Crippen LogP contribution is -2.60. The third-order valence-electron chi connectivity index (χ3n) is 9.72. The number of hydrogen-bond donors (Lipinski definition) is 6. The van der Waals surface area contributed by atoms with Crippen molar-refractivity contribution >= 4 is 5.91 Å². The molecule has 1 amide bonds. The highest BCUT2D eigenvalue weighted by molar-refractivity contribution is 5.76. The summed E-state index contributed by atoms with van der Waals surface area (Å²) in [4.78, 5) is 12.8. The number of nitrogens with one attached hydrogen (secondary N) is 1. The molecule has 0 radical (unpaired) electrons. The third kappa shape index (κ3) is 24.4. The zero-order valence-electron chi connectivity index (χ0n) is 32.4. The van der Waals surface area contributed by atoms with Gasteiger partial charge in [0.05, 0.1) is 25.4 Å². The van der Waals surface area contributed by atoms with Gasteiger partial charge in [0.15, 0.2) is 6.29 Å². The summed E-state index contributed by atoms with van der Waals surface area (Å²) in [6.07, 6.45) is 32.0. The standard InChI is InChI=1S/C42H77NO8/c1-3-5-7-9-11-13-15-17-18-20-21-23-25-27-29-31-36(45)35(34-50-42-41(49)40(48)39(47)37(33-44)51-42)43-38(46)32-30-28-26-24-22-19-16-14-12-10-8-6-4-2/h19,22,26,28-29,31,35-37,39-42,44-45,47-49H,3-18,20-21,23-25,27,30,32-34H2,1-2H3,(H,43,46)/b22-19-,28-26-,31-29+. The van der Waals surface area contributed by atoms with E-state index in [0.29, 0.717) is 6.42 Å². The van der Waals surface area contributed by atoms with Gasteiger partial charge in [-0.25, -0.2) is 0 Å². The fraction of sp³-hybridized carbons (Fsp3) is 0.833. The van der Waals surface area contributed by atoms with Crippen LogP contribution in [-0.2, 0) is 14.3 Å². The molecule has 0 aliphatic carbocycles. The molecule has 1 heterocycles. The van der Waals surface area contributed by atoms with Gasteiger partial charge in [0.25, 0.3) is 0 Å². The first-order valence-corrected chi connectivity index (χ1v) is 20.7. The topological polar surface area (TPSA) is 149 Å². The van der Waals surface area contributed by atoms with Crippen LogP contribution in [0, 0.1) is 0 Å².